The summed E-state index contributed by atoms with van der Waals surface area (Å²) in [5.74, 6) is 0.0618. The lowest BCUT2D eigenvalue weighted by Crippen LogP contribution is -2.32. The molecule has 3 rings (SSSR count). The van der Waals surface area contributed by atoms with Crippen LogP contribution < -0.4 is 4.74 Å². The summed E-state index contributed by atoms with van der Waals surface area (Å²) < 4.78 is 5.95. The second-order valence-electron chi connectivity index (χ2n) is 6.35. The summed E-state index contributed by atoms with van der Waals surface area (Å²) in [6.45, 7) is 2.48. The normalized spacial score (nSPS) is 16.2. The van der Waals surface area contributed by atoms with Crippen molar-refractivity contribution in [3.8, 4) is 5.75 Å². The number of carbonyl (C=O) groups is 1. The second kappa shape index (κ2) is 6.45. The number of carboxylic acid groups (broad SMARTS) is 1. The van der Waals surface area contributed by atoms with Gasteiger partial charge in [0.25, 0.3) is 0 Å². The zero-order valence-corrected chi connectivity index (χ0v) is 13.4. The maximum Gasteiger partial charge on any atom is 0.314 e. The van der Waals surface area contributed by atoms with Crippen molar-refractivity contribution in [2.24, 2.45) is 0 Å². The lowest BCUT2D eigenvalue weighted by atomic mass is 9.78. The van der Waals surface area contributed by atoms with Crippen LogP contribution in [0.4, 0.5) is 0 Å². The largest absolute Gasteiger partial charge is 0.489 e. The average Bonchev–Trinajstić information content (AvgIpc) is 3.06. The van der Waals surface area contributed by atoms with Gasteiger partial charge >= 0.3 is 5.97 Å². The second-order valence-corrected chi connectivity index (χ2v) is 6.35. The molecule has 0 atom stereocenters. The standard InChI is InChI=1S/C20H22O3/c1-15-9-10-17(20(19(21)22)11-5-6-12-20)13-18(15)23-14-16-7-3-2-4-8-16/h2-4,7-10,13H,5-6,11-12,14H2,1H3,(H,21,22). The molecule has 3 heteroatoms. The van der Waals surface area contributed by atoms with E-state index in [-0.39, 0.29) is 0 Å². The molecule has 23 heavy (non-hydrogen) atoms. The summed E-state index contributed by atoms with van der Waals surface area (Å²) in [4.78, 5) is 11.9. The number of aryl methyl sites for hydroxylation is 1. The zero-order valence-electron chi connectivity index (χ0n) is 13.4. The van der Waals surface area contributed by atoms with Crippen molar-refractivity contribution in [2.45, 2.75) is 44.6 Å². The highest BCUT2D eigenvalue weighted by molar-refractivity contribution is 5.82. The van der Waals surface area contributed by atoms with E-state index < -0.39 is 11.4 Å². The van der Waals surface area contributed by atoms with Gasteiger partial charge in [-0.2, -0.15) is 0 Å². The molecule has 2 aromatic rings. The summed E-state index contributed by atoms with van der Waals surface area (Å²) in [5.41, 5.74) is 2.27. The first-order valence-electron chi connectivity index (χ1n) is 8.13. The van der Waals surface area contributed by atoms with Gasteiger partial charge in [0.15, 0.2) is 0 Å². The number of rotatable bonds is 5. The monoisotopic (exact) mass is 310 g/mol. The van der Waals surface area contributed by atoms with Crippen molar-refractivity contribution in [1.29, 1.82) is 0 Å². The van der Waals surface area contributed by atoms with Crippen LogP contribution in [0.3, 0.4) is 0 Å². The first-order chi connectivity index (χ1) is 11.1. The highest BCUT2D eigenvalue weighted by Gasteiger charge is 2.43. The Hall–Kier alpha value is -2.29. The molecule has 0 unspecified atom stereocenters. The lowest BCUT2D eigenvalue weighted by Gasteiger charge is -2.25. The molecule has 3 nitrogen and oxygen atoms in total. The van der Waals surface area contributed by atoms with Crippen LogP contribution in [0.1, 0.15) is 42.4 Å². The maximum absolute atomic E-state index is 11.9. The van der Waals surface area contributed by atoms with Crippen LogP contribution in [0.2, 0.25) is 0 Å². The molecular weight excluding hydrogens is 288 g/mol. The number of carboxylic acids is 1. The fraction of sp³-hybridized carbons (Fsp3) is 0.350. The van der Waals surface area contributed by atoms with Gasteiger partial charge in [-0.15, -0.1) is 0 Å². The SMILES string of the molecule is Cc1ccc(C2(C(=O)O)CCCC2)cc1OCc1ccccc1. The highest BCUT2D eigenvalue weighted by atomic mass is 16.5. The fourth-order valence-corrected chi connectivity index (χ4v) is 3.39. The Morgan fingerprint density at radius 3 is 2.48 bits per heavy atom. The molecule has 0 aromatic heterocycles. The molecule has 0 spiro atoms. The van der Waals surface area contributed by atoms with Crippen LogP contribution in [0.5, 0.6) is 5.75 Å². The van der Waals surface area contributed by atoms with Gasteiger partial charge in [0, 0.05) is 0 Å². The van der Waals surface area contributed by atoms with Crippen molar-refractivity contribution in [2.75, 3.05) is 0 Å². The molecule has 0 amide bonds. The molecule has 1 fully saturated rings. The fourth-order valence-electron chi connectivity index (χ4n) is 3.39. The molecule has 0 heterocycles. The predicted molar refractivity (Wildman–Crippen MR) is 89.7 cm³/mol. The Balaban J connectivity index is 1.85. The number of hydrogen-bond acceptors (Lipinski definition) is 2. The predicted octanol–water partition coefficient (Wildman–Crippen LogP) is 4.47. The van der Waals surface area contributed by atoms with E-state index in [1.54, 1.807) is 0 Å². The molecule has 1 aliphatic rings. The van der Waals surface area contributed by atoms with Gasteiger partial charge in [-0.25, -0.2) is 0 Å². The maximum atomic E-state index is 11.9. The Morgan fingerprint density at radius 2 is 1.83 bits per heavy atom. The van der Waals surface area contributed by atoms with E-state index in [1.165, 1.54) is 0 Å². The summed E-state index contributed by atoms with van der Waals surface area (Å²) in [6, 6.07) is 15.8. The van der Waals surface area contributed by atoms with Gasteiger partial charge in [0.05, 0.1) is 5.41 Å². The van der Waals surface area contributed by atoms with Crippen LogP contribution in [-0.4, -0.2) is 11.1 Å². The minimum atomic E-state index is -0.738. The van der Waals surface area contributed by atoms with E-state index in [9.17, 15) is 9.90 Å². The first kappa shape index (κ1) is 15.6. The van der Waals surface area contributed by atoms with Gasteiger partial charge in [0.2, 0.25) is 0 Å². The molecule has 1 N–H and O–H groups in total. The van der Waals surface area contributed by atoms with E-state index in [4.69, 9.17) is 4.74 Å². The molecule has 1 aliphatic carbocycles. The molecule has 0 radical (unpaired) electrons. The topological polar surface area (TPSA) is 46.5 Å². The van der Waals surface area contributed by atoms with E-state index in [0.717, 1.165) is 35.3 Å². The van der Waals surface area contributed by atoms with Gasteiger partial charge in [-0.3, -0.25) is 4.79 Å². The smallest absolute Gasteiger partial charge is 0.314 e. The third kappa shape index (κ3) is 3.09. The van der Waals surface area contributed by atoms with E-state index in [0.29, 0.717) is 19.4 Å². The summed E-state index contributed by atoms with van der Waals surface area (Å²) >= 11 is 0. The number of ether oxygens (including phenoxy) is 1. The minimum Gasteiger partial charge on any atom is -0.489 e. The summed E-state index contributed by atoms with van der Waals surface area (Å²) in [7, 11) is 0. The molecule has 1 saturated carbocycles. The van der Waals surface area contributed by atoms with Gasteiger partial charge < -0.3 is 9.84 Å². The number of aliphatic carboxylic acids is 1. The van der Waals surface area contributed by atoms with Crippen LogP contribution in [-0.2, 0) is 16.8 Å². The average molecular weight is 310 g/mol. The van der Waals surface area contributed by atoms with Crippen LogP contribution >= 0.6 is 0 Å². The molecule has 0 saturated heterocycles. The minimum absolute atomic E-state index is 0.491. The first-order valence-corrected chi connectivity index (χ1v) is 8.13. The Kier molecular flexibility index (Phi) is 4.37. The quantitative estimate of drug-likeness (QED) is 0.886. The van der Waals surface area contributed by atoms with Crippen molar-refractivity contribution in [3.63, 3.8) is 0 Å². The number of benzene rings is 2. The zero-order chi connectivity index (χ0) is 16.3. The third-order valence-corrected chi connectivity index (χ3v) is 4.84. The van der Waals surface area contributed by atoms with Crippen LogP contribution in [0.15, 0.2) is 48.5 Å². The van der Waals surface area contributed by atoms with Crippen molar-refractivity contribution in [3.05, 3.63) is 65.2 Å². The van der Waals surface area contributed by atoms with E-state index >= 15 is 0 Å². The number of hydrogen-bond donors (Lipinski definition) is 1. The van der Waals surface area contributed by atoms with Crippen molar-refractivity contribution in [1.82, 2.24) is 0 Å². The summed E-state index contributed by atoms with van der Waals surface area (Å²) in [5, 5.41) is 9.74. The Morgan fingerprint density at radius 1 is 1.13 bits per heavy atom. The van der Waals surface area contributed by atoms with E-state index in [2.05, 4.69) is 0 Å². The molecule has 2 aromatic carbocycles. The highest BCUT2D eigenvalue weighted by Crippen LogP contribution is 2.42. The molecule has 120 valence electrons. The van der Waals surface area contributed by atoms with Gasteiger partial charge in [-0.1, -0.05) is 55.3 Å². The summed E-state index contributed by atoms with van der Waals surface area (Å²) in [6.07, 6.45) is 3.37. The van der Waals surface area contributed by atoms with Crippen LogP contribution in [0.25, 0.3) is 0 Å². The van der Waals surface area contributed by atoms with E-state index in [1.807, 2.05) is 55.5 Å². The lowest BCUT2D eigenvalue weighted by molar-refractivity contribution is -0.143. The Bertz CT molecular complexity index is 685. The van der Waals surface area contributed by atoms with Crippen molar-refractivity contribution < 1.29 is 14.6 Å². The Labute approximate surface area is 136 Å². The van der Waals surface area contributed by atoms with Crippen LogP contribution in [0, 0.1) is 6.92 Å². The molecule has 0 aliphatic heterocycles. The van der Waals surface area contributed by atoms with Gasteiger partial charge in [0.1, 0.15) is 12.4 Å². The van der Waals surface area contributed by atoms with Crippen molar-refractivity contribution >= 4 is 5.97 Å². The third-order valence-electron chi connectivity index (χ3n) is 4.84. The molecule has 0 bridgehead atoms. The van der Waals surface area contributed by atoms with Gasteiger partial charge in [-0.05, 0) is 42.5 Å². The molecular formula is C20H22O3.